The Balaban J connectivity index is 1.45. The number of nitrogens with one attached hydrogen (secondary N) is 2. The van der Waals surface area contributed by atoms with E-state index in [9.17, 15) is 4.79 Å². The standard InChI is InChI=1S/C19H17Cl2N3O/c20-12-2-1-3-14(8-12)22-19(25)11-24-7-6-15-16-9-13(21)4-5-17(16)23-18(15)10-24/h1-5,8-9,23H,6-7,10-11H2,(H,22,25). The molecule has 0 atom stereocenters. The lowest BCUT2D eigenvalue weighted by Crippen LogP contribution is -2.37. The molecule has 0 saturated carbocycles. The van der Waals surface area contributed by atoms with Gasteiger partial charge in [-0.3, -0.25) is 9.69 Å². The molecule has 6 heteroatoms. The number of hydrogen-bond donors (Lipinski definition) is 2. The summed E-state index contributed by atoms with van der Waals surface area (Å²) in [5.41, 5.74) is 4.29. The average molecular weight is 374 g/mol. The van der Waals surface area contributed by atoms with Crippen molar-refractivity contribution in [1.29, 1.82) is 0 Å². The first-order chi connectivity index (χ1) is 12.1. The number of aromatic amines is 1. The summed E-state index contributed by atoms with van der Waals surface area (Å²) in [7, 11) is 0. The van der Waals surface area contributed by atoms with Gasteiger partial charge in [-0.05, 0) is 48.4 Å². The van der Waals surface area contributed by atoms with Crippen LogP contribution in [0.5, 0.6) is 0 Å². The number of fused-ring (bicyclic) bond motifs is 3. The highest BCUT2D eigenvalue weighted by molar-refractivity contribution is 6.31. The molecule has 0 spiro atoms. The zero-order valence-electron chi connectivity index (χ0n) is 13.5. The van der Waals surface area contributed by atoms with Crippen LogP contribution in [0.15, 0.2) is 42.5 Å². The van der Waals surface area contributed by atoms with E-state index in [0.717, 1.165) is 35.7 Å². The van der Waals surface area contributed by atoms with Gasteiger partial charge in [0.1, 0.15) is 0 Å². The molecule has 25 heavy (non-hydrogen) atoms. The van der Waals surface area contributed by atoms with E-state index in [2.05, 4.69) is 15.2 Å². The molecule has 0 bridgehead atoms. The Morgan fingerprint density at radius 3 is 2.84 bits per heavy atom. The third-order valence-corrected chi connectivity index (χ3v) is 4.96. The lowest BCUT2D eigenvalue weighted by atomic mass is 10.0. The van der Waals surface area contributed by atoms with Crippen molar-refractivity contribution in [3.8, 4) is 0 Å². The second-order valence-electron chi connectivity index (χ2n) is 6.29. The van der Waals surface area contributed by atoms with Crippen LogP contribution < -0.4 is 5.32 Å². The molecule has 0 radical (unpaired) electrons. The second kappa shape index (κ2) is 6.71. The van der Waals surface area contributed by atoms with Crippen LogP contribution in [-0.4, -0.2) is 28.9 Å². The molecule has 2 aromatic carbocycles. The van der Waals surface area contributed by atoms with Crippen molar-refractivity contribution in [1.82, 2.24) is 9.88 Å². The fourth-order valence-electron chi connectivity index (χ4n) is 3.37. The van der Waals surface area contributed by atoms with Gasteiger partial charge in [0.25, 0.3) is 0 Å². The van der Waals surface area contributed by atoms with Crippen molar-refractivity contribution < 1.29 is 4.79 Å². The normalized spacial score (nSPS) is 14.5. The smallest absolute Gasteiger partial charge is 0.238 e. The van der Waals surface area contributed by atoms with E-state index in [1.54, 1.807) is 12.1 Å². The Bertz CT molecular complexity index is 951. The minimum absolute atomic E-state index is 0.0372. The molecule has 0 saturated heterocycles. The zero-order valence-corrected chi connectivity index (χ0v) is 15.0. The lowest BCUT2D eigenvalue weighted by Gasteiger charge is -2.26. The summed E-state index contributed by atoms with van der Waals surface area (Å²) in [4.78, 5) is 17.9. The molecular formula is C19H17Cl2N3O. The van der Waals surface area contributed by atoms with Crippen LogP contribution >= 0.6 is 23.2 Å². The summed E-state index contributed by atoms with van der Waals surface area (Å²) in [6.45, 7) is 1.92. The van der Waals surface area contributed by atoms with E-state index in [0.29, 0.717) is 11.6 Å². The van der Waals surface area contributed by atoms with Crippen molar-refractivity contribution in [3.63, 3.8) is 0 Å². The van der Waals surface area contributed by atoms with Gasteiger partial charge in [0, 0.05) is 45.4 Å². The lowest BCUT2D eigenvalue weighted by molar-refractivity contribution is -0.117. The summed E-state index contributed by atoms with van der Waals surface area (Å²) in [5, 5.41) is 5.44. The molecule has 0 fully saturated rings. The number of carbonyl (C=O) groups excluding carboxylic acids is 1. The van der Waals surface area contributed by atoms with Crippen LogP contribution in [0.3, 0.4) is 0 Å². The van der Waals surface area contributed by atoms with Crippen molar-refractivity contribution >= 4 is 45.7 Å². The largest absolute Gasteiger partial charge is 0.357 e. The van der Waals surface area contributed by atoms with E-state index in [1.807, 2.05) is 30.3 Å². The number of H-pyrrole nitrogens is 1. The quantitative estimate of drug-likeness (QED) is 0.711. The number of amides is 1. The minimum atomic E-state index is -0.0372. The van der Waals surface area contributed by atoms with Gasteiger partial charge in [0.05, 0.1) is 6.54 Å². The molecule has 2 heterocycles. The Labute approximate surface area is 155 Å². The number of benzene rings is 2. The minimum Gasteiger partial charge on any atom is -0.357 e. The summed E-state index contributed by atoms with van der Waals surface area (Å²) in [6, 6.07) is 13.1. The van der Waals surface area contributed by atoms with Crippen LogP contribution in [0.2, 0.25) is 10.0 Å². The summed E-state index contributed by atoms with van der Waals surface area (Å²) < 4.78 is 0. The van der Waals surface area contributed by atoms with Crippen LogP contribution in [0.1, 0.15) is 11.3 Å². The van der Waals surface area contributed by atoms with Gasteiger partial charge < -0.3 is 10.3 Å². The molecule has 2 N–H and O–H groups in total. The number of hydrogen-bond acceptors (Lipinski definition) is 2. The van der Waals surface area contributed by atoms with Crippen molar-refractivity contribution in [2.75, 3.05) is 18.4 Å². The van der Waals surface area contributed by atoms with E-state index in [1.165, 1.54) is 16.6 Å². The van der Waals surface area contributed by atoms with Gasteiger partial charge in [0.15, 0.2) is 0 Å². The van der Waals surface area contributed by atoms with Gasteiger partial charge in [0.2, 0.25) is 5.91 Å². The van der Waals surface area contributed by atoms with Crippen LogP contribution in [0.25, 0.3) is 10.9 Å². The molecular weight excluding hydrogens is 357 g/mol. The maximum atomic E-state index is 12.3. The predicted molar refractivity (Wildman–Crippen MR) is 102 cm³/mol. The first-order valence-corrected chi connectivity index (χ1v) is 8.91. The molecule has 3 aromatic rings. The Morgan fingerprint density at radius 1 is 1.16 bits per heavy atom. The Hall–Kier alpha value is -2.01. The molecule has 0 aliphatic carbocycles. The van der Waals surface area contributed by atoms with E-state index in [-0.39, 0.29) is 5.91 Å². The highest BCUT2D eigenvalue weighted by Crippen LogP contribution is 2.29. The SMILES string of the molecule is O=C(CN1CCc2c([nH]c3ccc(Cl)cc23)C1)Nc1cccc(Cl)c1. The topological polar surface area (TPSA) is 48.1 Å². The molecule has 4 rings (SSSR count). The average Bonchev–Trinajstić information content (AvgIpc) is 2.91. The van der Waals surface area contributed by atoms with E-state index >= 15 is 0 Å². The number of anilines is 1. The third-order valence-electron chi connectivity index (χ3n) is 4.49. The fourth-order valence-corrected chi connectivity index (χ4v) is 3.74. The van der Waals surface area contributed by atoms with Crippen molar-refractivity contribution in [2.24, 2.45) is 0 Å². The summed E-state index contributed by atoms with van der Waals surface area (Å²) in [5.74, 6) is -0.0372. The van der Waals surface area contributed by atoms with Crippen LogP contribution in [0, 0.1) is 0 Å². The monoisotopic (exact) mass is 373 g/mol. The number of nitrogens with zero attached hydrogens (tertiary/aromatic N) is 1. The first-order valence-electron chi connectivity index (χ1n) is 8.15. The number of halogens is 2. The van der Waals surface area contributed by atoms with Crippen molar-refractivity contribution in [3.05, 3.63) is 63.8 Å². The van der Waals surface area contributed by atoms with Gasteiger partial charge in [-0.15, -0.1) is 0 Å². The molecule has 1 aliphatic heterocycles. The molecule has 4 nitrogen and oxygen atoms in total. The molecule has 1 aromatic heterocycles. The number of rotatable bonds is 3. The second-order valence-corrected chi connectivity index (χ2v) is 7.16. The highest BCUT2D eigenvalue weighted by atomic mass is 35.5. The molecule has 1 amide bonds. The highest BCUT2D eigenvalue weighted by Gasteiger charge is 2.22. The summed E-state index contributed by atoms with van der Waals surface area (Å²) >= 11 is 12.1. The molecule has 1 aliphatic rings. The van der Waals surface area contributed by atoms with Gasteiger partial charge >= 0.3 is 0 Å². The maximum Gasteiger partial charge on any atom is 0.238 e. The van der Waals surface area contributed by atoms with Crippen LogP contribution in [-0.2, 0) is 17.8 Å². The Morgan fingerprint density at radius 2 is 2.00 bits per heavy atom. The van der Waals surface area contributed by atoms with Gasteiger partial charge in [-0.25, -0.2) is 0 Å². The number of carbonyl (C=O) groups is 1. The molecule has 0 unspecified atom stereocenters. The van der Waals surface area contributed by atoms with Crippen LogP contribution in [0.4, 0.5) is 5.69 Å². The van der Waals surface area contributed by atoms with Crippen molar-refractivity contribution in [2.45, 2.75) is 13.0 Å². The van der Waals surface area contributed by atoms with Gasteiger partial charge in [-0.2, -0.15) is 0 Å². The maximum absolute atomic E-state index is 12.3. The van der Waals surface area contributed by atoms with E-state index < -0.39 is 0 Å². The predicted octanol–water partition coefficient (Wildman–Crippen LogP) is 4.47. The third kappa shape index (κ3) is 3.52. The fraction of sp³-hybridized carbons (Fsp3) is 0.211. The summed E-state index contributed by atoms with van der Waals surface area (Å²) in [6.07, 6.45) is 0.903. The van der Waals surface area contributed by atoms with E-state index in [4.69, 9.17) is 23.2 Å². The Kier molecular flexibility index (Phi) is 4.42. The van der Waals surface area contributed by atoms with Gasteiger partial charge in [-0.1, -0.05) is 29.3 Å². The number of aromatic nitrogens is 1. The molecule has 128 valence electrons. The first kappa shape index (κ1) is 16.5. The zero-order chi connectivity index (χ0) is 17.4.